The predicted octanol–water partition coefficient (Wildman–Crippen LogP) is 1.53. The Bertz CT molecular complexity index is 1230. The molecule has 2 amide bonds. The second-order valence-electron chi connectivity index (χ2n) is 7.09. The number of carbonyl (C=O) groups excluding carboxylic acids is 2. The van der Waals surface area contributed by atoms with Crippen molar-refractivity contribution < 1.29 is 22.7 Å². The molecule has 30 heavy (non-hydrogen) atoms. The average molecular weight is 423 g/mol. The van der Waals surface area contributed by atoms with E-state index < -0.39 is 21.8 Å². The Balaban J connectivity index is 1.74. The van der Waals surface area contributed by atoms with E-state index in [1.54, 1.807) is 12.1 Å². The van der Waals surface area contributed by atoms with Crippen LogP contribution in [0, 0.1) is 17.2 Å². The summed E-state index contributed by atoms with van der Waals surface area (Å²) in [6, 6.07) is 15.2. The third-order valence-electron chi connectivity index (χ3n) is 5.08. The van der Waals surface area contributed by atoms with E-state index in [0.717, 1.165) is 11.8 Å². The number of nitrogens with zero attached hydrogens (tertiary/aromatic N) is 1. The molecule has 2 heterocycles. The Hall–Kier alpha value is -3.64. The van der Waals surface area contributed by atoms with E-state index in [0.29, 0.717) is 16.9 Å². The summed E-state index contributed by atoms with van der Waals surface area (Å²) in [5, 5.41) is 12.5. The van der Waals surface area contributed by atoms with Crippen molar-refractivity contribution in [3.63, 3.8) is 0 Å². The van der Waals surface area contributed by atoms with Gasteiger partial charge in [0.25, 0.3) is 11.8 Å². The van der Waals surface area contributed by atoms with Crippen LogP contribution < -0.4 is 14.8 Å². The summed E-state index contributed by atoms with van der Waals surface area (Å²) in [7, 11) is -3.69. The van der Waals surface area contributed by atoms with E-state index in [2.05, 4.69) is 5.32 Å². The van der Waals surface area contributed by atoms with Crippen molar-refractivity contribution in [3.8, 4) is 11.8 Å². The van der Waals surface area contributed by atoms with Crippen LogP contribution in [0.5, 0.6) is 5.75 Å². The molecule has 9 heteroatoms. The zero-order chi connectivity index (χ0) is 21.5. The lowest BCUT2D eigenvalue weighted by Gasteiger charge is -2.39. The maximum Gasteiger partial charge on any atom is 0.264 e. The first-order valence-electron chi connectivity index (χ1n) is 9.08. The molecule has 2 unspecified atom stereocenters. The molecule has 0 fully saturated rings. The molecular formula is C21H17N3O5S. The van der Waals surface area contributed by atoms with Crippen LogP contribution >= 0.6 is 0 Å². The highest BCUT2D eigenvalue weighted by molar-refractivity contribution is 7.89. The van der Waals surface area contributed by atoms with E-state index in [1.165, 1.54) is 12.1 Å². The van der Waals surface area contributed by atoms with Crippen molar-refractivity contribution in [1.29, 1.82) is 5.26 Å². The van der Waals surface area contributed by atoms with Gasteiger partial charge in [-0.3, -0.25) is 9.59 Å². The number of para-hydroxylation sites is 1. The second kappa shape index (κ2) is 7.31. The van der Waals surface area contributed by atoms with Crippen LogP contribution in [0.4, 0.5) is 0 Å². The number of benzene rings is 2. The van der Waals surface area contributed by atoms with E-state index in [9.17, 15) is 23.3 Å². The van der Waals surface area contributed by atoms with Gasteiger partial charge in [-0.05, 0) is 29.3 Å². The quantitative estimate of drug-likeness (QED) is 0.771. The van der Waals surface area contributed by atoms with Crippen molar-refractivity contribution in [2.75, 3.05) is 12.9 Å². The molecule has 0 saturated carbocycles. The number of nitrogens with one attached hydrogen (secondary N) is 2. The maximum absolute atomic E-state index is 12.6. The molecule has 152 valence electrons. The highest BCUT2D eigenvalue weighted by Crippen LogP contribution is 2.45. The molecule has 0 aromatic heterocycles. The van der Waals surface area contributed by atoms with Gasteiger partial charge in [0.1, 0.15) is 17.4 Å². The van der Waals surface area contributed by atoms with Crippen LogP contribution in [0.2, 0.25) is 0 Å². The van der Waals surface area contributed by atoms with Crippen molar-refractivity contribution in [2.45, 2.75) is 6.04 Å². The minimum absolute atomic E-state index is 0.00688. The summed E-state index contributed by atoms with van der Waals surface area (Å²) >= 11 is 0. The van der Waals surface area contributed by atoms with E-state index in [1.807, 2.05) is 35.1 Å². The molecule has 0 saturated heterocycles. The molecule has 0 bridgehead atoms. The van der Waals surface area contributed by atoms with Gasteiger partial charge in [0.05, 0.1) is 18.9 Å². The molecule has 2 aliphatic heterocycles. The summed E-state index contributed by atoms with van der Waals surface area (Å²) in [6.07, 6.45) is 0.894. The fourth-order valence-electron chi connectivity index (χ4n) is 3.81. The highest BCUT2D eigenvalue weighted by atomic mass is 32.2. The third kappa shape index (κ3) is 3.53. The van der Waals surface area contributed by atoms with E-state index >= 15 is 0 Å². The predicted molar refractivity (Wildman–Crippen MR) is 108 cm³/mol. The fraction of sp³-hybridized carbons (Fsp3) is 0.190. The van der Waals surface area contributed by atoms with Crippen molar-refractivity contribution in [1.82, 2.24) is 10.0 Å². The largest absolute Gasteiger partial charge is 0.492 e. The Labute approximate surface area is 173 Å². The van der Waals surface area contributed by atoms with Crippen LogP contribution in [0.15, 0.2) is 54.1 Å². The Kier molecular flexibility index (Phi) is 4.79. The summed E-state index contributed by atoms with van der Waals surface area (Å²) < 4.78 is 30.3. The first-order valence-corrected chi connectivity index (χ1v) is 11.0. The molecule has 2 N–H and O–H groups in total. The van der Waals surface area contributed by atoms with Gasteiger partial charge in [-0.15, -0.1) is 0 Å². The lowest BCUT2D eigenvalue weighted by atomic mass is 9.77. The lowest BCUT2D eigenvalue weighted by Crippen LogP contribution is -2.44. The molecule has 2 aromatic rings. The van der Waals surface area contributed by atoms with Gasteiger partial charge in [-0.2, -0.15) is 5.26 Å². The molecule has 4 rings (SSSR count). The zero-order valence-corrected chi connectivity index (χ0v) is 16.7. The van der Waals surface area contributed by atoms with Crippen LogP contribution in [-0.4, -0.2) is 33.1 Å². The lowest BCUT2D eigenvalue weighted by molar-refractivity contribution is -0.118. The molecule has 2 aromatic carbocycles. The molecule has 0 spiro atoms. The van der Waals surface area contributed by atoms with Gasteiger partial charge in [-0.25, -0.2) is 13.1 Å². The van der Waals surface area contributed by atoms with Crippen LogP contribution in [-0.2, 0) is 14.8 Å². The third-order valence-corrected chi connectivity index (χ3v) is 5.63. The molecule has 2 aliphatic rings. The van der Waals surface area contributed by atoms with Crippen LogP contribution in [0.3, 0.4) is 0 Å². The second-order valence-corrected chi connectivity index (χ2v) is 8.84. The minimum Gasteiger partial charge on any atom is -0.492 e. The van der Waals surface area contributed by atoms with E-state index in [-0.39, 0.29) is 29.7 Å². The number of carbonyl (C=O) groups is 2. The first kappa shape index (κ1) is 19.7. The number of hydrogen-bond donors (Lipinski definition) is 2. The molecule has 8 nitrogen and oxygen atoms in total. The van der Waals surface area contributed by atoms with Crippen LogP contribution in [0.1, 0.15) is 27.5 Å². The molecule has 0 aliphatic carbocycles. The first-order chi connectivity index (χ1) is 14.3. The minimum atomic E-state index is -3.69. The fourth-order valence-corrected chi connectivity index (χ4v) is 4.26. The number of nitriles is 1. The number of hydrogen-bond acceptors (Lipinski definition) is 6. The highest BCUT2D eigenvalue weighted by Gasteiger charge is 2.41. The molecule has 2 atom stereocenters. The summed E-state index contributed by atoms with van der Waals surface area (Å²) in [5.74, 6) is -0.827. The monoisotopic (exact) mass is 423 g/mol. The maximum atomic E-state index is 12.6. The van der Waals surface area contributed by atoms with E-state index in [4.69, 9.17) is 4.74 Å². The van der Waals surface area contributed by atoms with Gasteiger partial charge < -0.3 is 10.1 Å². The summed E-state index contributed by atoms with van der Waals surface area (Å²) in [6.45, 7) is 0.277. The van der Waals surface area contributed by atoms with Gasteiger partial charge in [0.2, 0.25) is 10.0 Å². The van der Waals surface area contributed by atoms with Crippen molar-refractivity contribution >= 4 is 27.4 Å². The standard InChI is InChI=1S/C21H17N3O5S/c1-30(27,28)24-20(25)13-8-6-12(7-9-13)18-15(10-22)21(26)23-19-14-4-2-3-5-17(14)29-11-16(18)19/h2-9,16,19H,11H2,1H3,(H,23,26)(H,24,25). The number of ether oxygens (including phenoxy) is 1. The Morgan fingerprint density at radius 1 is 1.20 bits per heavy atom. The zero-order valence-electron chi connectivity index (χ0n) is 15.9. The van der Waals surface area contributed by atoms with Crippen molar-refractivity contribution in [2.24, 2.45) is 5.92 Å². The van der Waals surface area contributed by atoms with Crippen molar-refractivity contribution in [3.05, 3.63) is 70.8 Å². The number of sulfonamides is 1. The number of fused-ring (bicyclic) bond motifs is 3. The molecular weight excluding hydrogens is 406 g/mol. The van der Waals surface area contributed by atoms with Gasteiger partial charge in [0, 0.05) is 17.0 Å². The van der Waals surface area contributed by atoms with Gasteiger partial charge in [0.15, 0.2) is 0 Å². The smallest absolute Gasteiger partial charge is 0.264 e. The molecule has 0 radical (unpaired) electrons. The topological polar surface area (TPSA) is 125 Å². The van der Waals surface area contributed by atoms with Gasteiger partial charge >= 0.3 is 0 Å². The Morgan fingerprint density at radius 3 is 2.57 bits per heavy atom. The normalized spacial score (nSPS) is 20.2. The Morgan fingerprint density at radius 2 is 1.90 bits per heavy atom. The SMILES string of the molecule is CS(=O)(=O)NC(=O)c1ccc(C2=C(C#N)C(=O)NC3c4ccccc4OCC23)cc1. The summed E-state index contributed by atoms with van der Waals surface area (Å²) in [4.78, 5) is 24.7. The number of amides is 2. The average Bonchev–Trinajstić information content (AvgIpc) is 2.71. The number of rotatable bonds is 3. The van der Waals surface area contributed by atoms with Gasteiger partial charge in [-0.1, -0.05) is 30.3 Å². The van der Waals surface area contributed by atoms with Crippen LogP contribution in [0.25, 0.3) is 5.57 Å². The summed E-state index contributed by atoms with van der Waals surface area (Å²) in [5.41, 5.74) is 2.10.